The number of ether oxygens (including phenoxy) is 1. The molecule has 7 heteroatoms. The molecule has 0 aromatic heterocycles. The summed E-state index contributed by atoms with van der Waals surface area (Å²) in [5, 5.41) is 0. The van der Waals surface area contributed by atoms with E-state index in [4.69, 9.17) is 4.74 Å². The Labute approximate surface area is 135 Å². The fourth-order valence-corrected chi connectivity index (χ4v) is 2.90. The first-order valence-corrected chi connectivity index (χ1v) is 7.19. The predicted molar refractivity (Wildman–Crippen MR) is 78.7 cm³/mol. The number of benzene rings is 2. The normalized spacial score (nSPS) is 11.3. The Morgan fingerprint density at radius 1 is 1.00 bits per heavy atom. The van der Waals surface area contributed by atoms with Crippen LogP contribution < -0.4 is 4.74 Å². The third kappa shape index (κ3) is 3.85. The molecule has 0 unspecified atom stereocenters. The van der Waals surface area contributed by atoms with Gasteiger partial charge in [0, 0.05) is 5.56 Å². The number of alkyl halides is 3. The second-order valence-corrected chi connectivity index (χ2v) is 5.76. The molecular weight excluding hydrogens is 417 g/mol. The van der Waals surface area contributed by atoms with Crippen LogP contribution in [0.3, 0.4) is 0 Å². The van der Waals surface area contributed by atoms with E-state index in [2.05, 4.69) is 31.9 Å². The van der Waals surface area contributed by atoms with Crippen LogP contribution in [0.25, 0.3) is 0 Å². The van der Waals surface area contributed by atoms with E-state index in [1.807, 2.05) is 0 Å². The smallest absolute Gasteiger partial charge is 0.416 e. The van der Waals surface area contributed by atoms with Gasteiger partial charge in [-0.05, 0) is 68.3 Å². The lowest BCUT2D eigenvalue weighted by Crippen LogP contribution is -2.05. The predicted octanol–water partition coefficient (Wildman–Crippen LogP) is 5.84. The Morgan fingerprint density at radius 3 is 1.95 bits per heavy atom. The van der Waals surface area contributed by atoms with Gasteiger partial charge in [-0.25, -0.2) is 0 Å². The van der Waals surface area contributed by atoms with Crippen LogP contribution in [0.4, 0.5) is 13.2 Å². The first-order chi connectivity index (χ1) is 9.81. The molecule has 21 heavy (non-hydrogen) atoms. The zero-order valence-electron chi connectivity index (χ0n) is 10.2. The van der Waals surface area contributed by atoms with Gasteiger partial charge < -0.3 is 4.74 Å². The van der Waals surface area contributed by atoms with Crippen molar-refractivity contribution in [2.75, 3.05) is 0 Å². The highest BCUT2D eigenvalue weighted by Gasteiger charge is 2.32. The van der Waals surface area contributed by atoms with E-state index in [-0.39, 0.29) is 14.7 Å². The molecular formula is C14H7Br2F3O2. The first kappa shape index (κ1) is 16.0. The summed E-state index contributed by atoms with van der Waals surface area (Å²) in [5.41, 5.74) is -0.308. The molecule has 0 heterocycles. The van der Waals surface area contributed by atoms with Gasteiger partial charge in [0.25, 0.3) is 0 Å². The van der Waals surface area contributed by atoms with Crippen molar-refractivity contribution in [3.63, 3.8) is 0 Å². The summed E-state index contributed by atoms with van der Waals surface area (Å²) in [5.74, 6) is 0.628. The molecule has 2 nitrogen and oxygen atoms in total. The van der Waals surface area contributed by atoms with Gasteiger partial charge in [-0.15, -0.1) is 0 Å². The van der Waals surface area contributed by atoms with Gasteiger partial charge in [-0.3, -0.25) is 4.79 Å². The quantitative estimate of drug-likeness (QED) is 0.580. The van der Waals surface area contributed by atoms with Crippen molar-refractivity contribution in [1.29, 1.82) is 0 Å². The average Bonchev–Trinajstić information content (AvgIpc) is 2.42. The molecule has 0 radical (unpaired) electrons. The van der Waals surface area contributed by atoms with E-state index in [9.17, 15) is 18.0 Å². The zero-order valence-corrected chi connectivity index (χ0v) is 13.4. The molecule has 2 rings (SSSR count). The minimum absolute atomic E-state index is 0.170. The lowest BCUT2D eigenvalue weighted by Gasteiger charge is -2.13. The Bertz CT molecular complexity index is 644. The van der Waals surface area contributed by atoms with Gasteiger partial charge in [0.1, 0.15) is 12.0 Å². The fourth-order valence-electron chi connectivity index (χ4n) is 1.55. The number of halogens is 5. The molecule has 0 aliphatic heterocycles. The monoisotopic (exact) mass is 422 g/mol. The fraction of sp³-hybridized carbons (Fsp3) is 0.0714. The standard InChI is InChI=1S/C14H7Br2F3O2/c15-11-5-9(14(17,18)19)6-12(16)13(11)21-10-3-1-8(7-20)2-4-10/h1-7H. The third-order valence-corrected chi connectivity index (χ3v) is 3.74. The summed E-state index contributed by atoms with van der Waals surface area (Å²) >= 11 is 6.13. The third-order valence-electron chi connectivity index (χ3n) is 2.56. The average molecular weight is 424 g/mol. The van der Waals surface area contributed by atoms with Crippen LogP contribution in [-0.2, 0) is 6.18 Å². The Kier molecular flexibility index (Phi) is 4.73. The van der Waals surface area contributed by atoms with E-state index in [0.29, 0.717) is 17.6 Å². The van der Waals surface area contributed by atoms with Crippen LogP contribution in [-0.4, -0.2) is 6.29 Å². The molecule has 0 amide bonds. The molecule has 0 fully saturated rings. The largest absolute Gasteiger partial charge is 0.455 e. The second kappa shape index (κ2) is 6.19. The molecule has 0 atom stereocenters. The van der Waals surface area contributed by atoms with E-state index in [1.165, 1.54) is 0 Å². The summed E-state index contributed by atoms with van der Waals surface area (Å²) in [7, 11) is 0. The minimum Gasteiger partial charge on any atom is -0.455 e. The molecule has 0 saturated heterocycles. The molecule has 0 N–H and O–H groups in total. The number of carbonyl (C=O) groups is 1. The summed E-state index contributed by atoms with van der Waals surface area (Å²) in [4.78, 5) is 10.6. The molecule has 0 spiro atoms. The maximum absolute atomic E-state index is 12.7. The number of hydrogen-bond donors (Lipinski definition) is 0. The Morgan fingerprint density at radius 2 is 1.52 bits per heavy atom. The number of aldehydes is 1. The van der Waals surface area contributed by atoms with E-state index in [1.54, 1.807) is 24.3 Å². The summed E-state index contributed by atoms with van der Waals surface area (Å²) in [6.45, 7) is 0. The van der Waals surface area contributed by atoms with Gasteiger partial charge >= 0.3 is 6.18 Å². The number of carbonyl (C=O) groups excluding carboxylic acids is 1. The summed E-state index contributed by atoms with van der Waals surface area (Å²) < 4.78 is 43.9. The Balaban J connectivity index is 2.33. The summed E-state index contributed by atoms with van der Waals surface area (Å²) in [6.07, 6.45) is -3.75. The van der Waals surface area contributed by atoms with Crippen molar-refractivity contribution in [3.8, 4) is 11.5 Å². The van der Waals surface area contributed by atoms with Crippen LogP contribution in [0.15, 0.2) is 45.3 Å². The zero-order chi connectivity index (χ0) is 15.6. The molecule has 0 aliphatic carbocycles. The lowest BCUT2D eigenvalue weighted by atomic mass is 10.2. The van der Waals surface area contributed by atoms with Gasteiger partial charge in [0.05, 0.1) is 14.5 Å². The molecule has 110 valence electrons. The van der Waals surface area contributed by atoms with Crippen LogP contribution in [0, 0.1) is 0 Å². The molecule has 2 aromatic carbocycles. The van der Waals surface area contributed by atoms with Crippen LogP contribution >= 0.6 is 31.9 Å². The van der Waals surface area contributed by atoms with Crippen LogP contribution in [0.2, 0.25) is 0 Å². The maximum Gasteiger partial charge on any atom is 0.416 e. The highest BCUT2D eigenvalue weighted by molar-refractivity contribution is 9.11. The van der Waals surface area contributed by atoms with Crippen molar-refractivity contribution in [2.24, 2.45) is 0 Å². The highest BCUT2D eigenvalue weighted by atomic mass is 79.9. The first-order valence-electron chi connectivity index (χ1n) is 5.60. The van der Waals surface area contributed by atoms with Crippen molar-refractivity contribution in [1.82, 2.24) is 0 Å². The number of rotatable bonds is 3. The number of hydrogen-bond acceptors (Lipinski definition) is 2. The second-order valence-electron chi connectivity index (χ2n) is 4.06. The van der Waals surface area contributed by atoms with Crippen molar-refractivity contribution in [2.45, 2.75) is 6.18 Å². The van der Waals surface area contributed by atoms with E-state index >= 15 is 0 Å². The molecule has 2 aromatic rings. The van der Waals surface area contributed by atoms with E-state index in [0.717, 1.165) is 12.1 Å². The molecule has 0 aliphatic rings. The minimum atomic E-state index is -4.44. The van der Waals surface area contributed by atoms with E-state index < -0.39 is 11.7 Å². The summed E-state index contributed by atoms with van der Waals surface area (Å²) in [6, 6.07) is 8.10. The highest BCUT2D eigenvalue weighted by Crippen LogP contribution is 2.41. The van der Waals surface area contributed by atoms with Crippen molar-refractivity contribution >= 4 is 38.1 Å². The van der Waals surface area contributed by atoms with Gasteiger partial charge in [-0.2, -0.15) is 13.2 Å². The molecule has 0 saturated carbocycles. The SMILES string of the molecule is O=Cc1ccc(Oc2c(Br)cc(C(F)(F)F)cc2Br)cc1. The van der Waals surface area contributed by atoms with Crippen LogP contribution in [0.5, 0.6) is 11.5 Å². The van der Waals surface area contributed by atoms with Gasteiger partial charge in [0.2, 0.25) is 0 Å². The van der Waals surface area contributed by atoms with Crippen molar-refractivity contribution in [3.05, 3.63) is 56.5 Å². The van der Waals surface area contributed by atoms with Gasteiger partial charge in [0.15, 0.2) is 5.75 Å². The maximum atomic E-state index is 12.7. The Hall–Kier alpha value is -1.34. The van der Waals surface area contributed by atoms with Crippen molar-refractivity contribution < 1.29 is 22.7 Å². The molecule has 0 bridgehead atoms. The van der Waals surface area contributed by atoms with Crippen LogP contribution in [0.1, 0.15) is 15.9 Å². The topological polar surface area (TPSA) is 26.3 Å². The lowest BCUT2D eigenvalue weighted by molar-refractivity contribution is -0.137. The van der Waals surface area contributed by atoms with Gasteiger partial charge in [-0.1, -0.05) is 0 Å².